The van der Waals surface area contributed by atoms with E-state index in [1.165, 1.54) is 5.56 Å². The third-order valence-electron chi connectivity index (χ3n) is 2.54. The highest BCUT2D eigenvalue weighted by Crippen LogP contribution is 2.06. The fourth-order valence-corrected chi connectivity index (χ4v) is 1.82. The molecule has 0 saturated carbocycles. The number of likely N-dealkylation sites (N-methyl/N-ethyl adjacent to an activating group) is 1. The molecular weight excluding hydrogens is 214 g/mol. The Bertz CT molecular complexity index is 324. The lowest BCUT2D eigenvalue weighted by Gasteiger charge is -2.17. The fraction of sp³-hybridized carbons (Fsp3) is 0.500. The molecule has 0 aliphatic heterocycles. The molecule has 1 unspecified atom stereocenters. The Morgan fingerprint density at radius 2 is 2.00 bits per heavy atom. The van der Waals surface area contributed by atoms with E-state index in [0.717, 1.165) is 13.0 Å². The second-order valence-electron chi connectivity index (χ2n) is 3.95. The number of benzene rings is 1. The number of nitrogens with one attached hydrogen (secondary N) is 1. The van der Waals surface area contributed by atoms with Gasteiger partial charge in [0.15, 0.2) is 0 Å². The van der Waals surface area contributed by atoms with E-state index >= 15 is 0 Å². The number of hydrogen-bond donors (Lipinski definition) is 1. The highest BCUT2D eigenvalue weighted by molar-refractivity contribution is 5.70. The largest absolute Gasteiger partial charge is 0.466 e. The lowest BCUT2D eigenvalue weighted by molar-refractivity contribution is -0.143. The van der Waals surface area contributed by atoms with E-state index in [2.05, 4.69) is 17.4 Å². The van der Waals surface area contributed by atoms with Gasteiger partial charge in [-0.15, -0.1) is 0 Å². The highest BCUT2D eigenvalue weighted by atomic mass is 16.5. The Kier molecular flexibility index (Phi) is 6.33. The molecule has 17 heavy (non-hydrogen) atoms. The average molecular weight is 235 g/mol. The molecular formula is C14H21NO2. The first kappa shape index (κ1) is 13.7. The van der Waals surface area contributed by atoms with Gasteiger partial charge >= 0.3 is 5.97 Å². The van der Waals surface area contributed by atoms with E-state index in [4.69, 9.17) is 4.74 Å². The molecule has 0 saturated heterocycles. The van der Waals surface area contributed by atoms with Gasteiger partial charge in [-0.3, -0.25) is 4.79 Å². The summed E-state index contributed by atoms with van der Waals surface area (Å²) in [5.74, 6) is -0.130. The Balaban J connectivity index is 2.51. The number of esters is 1. The van der Waals surface area contributed by atoms with Crippen LogP contribution in [0, 0.1) is 0 Å². The minimum absolute atomic E-state index is 0.130. The molecule has 0 spiro atoms. The summed E-state index contributed by atoms with van der Waals surface area (Å²) in [6, 6.07) is 10.3. The highest BCUT2D eigenvalue weighted by Gasteiger charge is 2.13. The molecule has 0 fully saturated rings. The molecule has 0 bridgehead atoms. The Morgan fingerprint density at radius 1 is 1.29 bits per heavy atom. The Hall–Kier alpha value is -1.35. The van der Waals surface area contributed by atoms with Gasteiger partial charge in [-0.05, 0) is 25.5 Å². The zero-order valence-corrected chi connectivity index (χ0v) is 10.6. The van der Waals surface area contributed by atoms with Crippen molar-refractivity contribution in [3.63, 3.8) is 0 Å². The molecule has 0 aromatic heterocycles. The monoisotopic (exact) mass is 235 g/mol. The lowest BCUT2D eigenvalue weighted by Crippen LogP contribution is -2.33. The molecule has 1 aromatic rings. The van der Waals surface area contributed by atoms with Crippen LogP contribution in [0.25, 0.3) is 0 Å². The standard InChI is InChI=1S/C14H21NO2/c1-3-15-13(11-14(16)17-4-2)10-12-8-6-5-7-9-12/h5-9,13,15H,3-4,10-11H2,1-2H3. The molecule has 3 heteroatoms. The van der Waals surface area contributed by atoms with Crippen LogP contribution in [0.5, 0.6) is 0 Å². The van der Waals surface area contributed by atoms with E-state index in [1.54, 1.807) is 0 Å². The van der Waals surface area contributed by atoms with E-state index < -0.39 is 0 Å². The molecule has 1 atom stereocenters. The predicted octanol–water partition coefficient (Wildman–Crippen LogP) is 2.16. The van der Waals surface area contributed by atoms with Crippen LogP contribution in [0.3, 0.4) is 0 Å². The summed E-state index contributed by atoms with van der Waals surface area (Å²) in [5, 5.41) is 3.32. The van der Waals surface area contributed by atoms with Crippen LogP contribution >= 0.6 is 0 Å². The van der Waals surface area contributed by atoms with Gasteiger partial charge in [0, 0.05) is 6.04 Å². The minimum Gasteiger partial charge on any atom is -0.466 e. The maximum absolute atomic E-state index is 11.5. The summed E-state index contributed by atoms with van der Waals surface area (Å²) in [6.45, 7) is 5.18. The maximum atomic E-state index is 11.5. The summed E-state index contributed by atoms with van der Waals surface area (Å²) in [7, 11) is 0. The van der Waals surface area contributed by atoms with Crippen molar-refractivity contribution < 1.29 is 9.53 Å². The van der Waals surface area contributed by atoms with Crippen molar-refractivity contribution in [2.24, 2.45) is 0 Å². The van der Waals surface area contributed by atoms with Gasteiger partial charge in [-0.2, -0.15) is 0 Å². The quantitative estimate of drug-likeness (QED) is 0.736. The van der Waals surface area contributed by atoms with Crippen LogP contribution in [0.4, 0.5) is 0 Å². The van der Waals surface area contributed by atoms with Gasteiger partial charge in [-0.1, -0.05) is 37.3 Å². The van der Waals surface area contributed by atoms with E-state index in [1.807, 2.05) is 32.0 Å². The van der Waals surface area contributed by atoms with Crippen LogP contribution in [0.2, 0.25) is 0 Å². The van der Waals surface area contributed by atoms with Crippen LogP contribution in [0.15, 0.2) is 30.3 Å². The molecule has 0 radical (unpaired) electrons. The van der Waals surface area contributed by atoms with Crippen LogP contribution < -0.4 is 5.32 Å². The SMILES string of the molecule is CCNC(CC(=O)OCC)Cc1ccccc1. The van der Waals surface area contributed by atoms with E-state index in [9.17, 15) is 4.79 Å². The van der Waals surface area contributed by atoms with Crippen LogP contribution in [0.1, 0.15) is 25.8 Å². The van der Waals surface area contributed by atoms with Gasteiger partial charge in [0.05, 0.1) is 13.0 Å². The number of hydrogen-bond acceptors (Lipinski definition) is 3. The molecule has 1 rings (SSSR count). The smallest absolute Gasteiger partial charge is 0.307 e. The minimum atomic E-state index is -0.130. The summed E-state index contributed by atoms with van der Waals surface area (Å²) in [5.41, 5.74) is 1.24. The zero-order valence-electron chi connectivity index (χ0n) is 10.6. The zero-order chi connectivity index (χ0) is 12.5. The molecule has 0 aliphatic rings. The van der Waals surface area contributed by atoms with Gasteiger partial charge < -0.3 is 10.1 Å². The summed E-state index contributed by atoms with van der Waals surface area (Å²) >= 11 is 0. The van der Waals surface area contributed by atoms with Crippen molar-refractivity contribution in [3.8, 4) is 0 Å². The first-order valence-corrected chi connectivity index (χ1v) is 6.19. The van der Waals surface area contributed by atoms with E-state index in [0.29, 0.717) is 13.0 Å². The maximum Gasteiger partial charge on any atom is 0.307 e. The van der Waals surface area contributed by atoms with Crippen molar-refractivity contribution >= 4 is 5.97 Å². The third-order valence-corrected chi connectivity index (χ3v) is 2.54. The topological polar surface area (TPSA) is 38.3 Å². The molecule has 94 valence electrons. The first-order chi connectivity index (χ1) is 8.26. The van der Waals surface area contributed by atoms with Crippen molar-refractivity contribution in [3.05, 3.63) is 35.9 Å². The number of ether oxygens (including phenoxy) is 1. The average Bonchev–Trinajstić information content (AvgIpc) is 2.31. The van der Waals surface area contributed by atoms with Gasteiger partial charge in [-0.25, -0.2) is 0 Å². The Morgan fingerprint density at radius 3 is 2.59 bits per heavy atom. The van der Waals surface area contributed by atoms with Gasteiger partial charge in [0.1, 0.15) is 0 Å². The first-order valence-electron chi connectivity index (χ1n) is 6.19. The summed E-state index contributed by atoms with van der Waals surface area (Å²) in [6.07, 6.45) is 1.28. The Labute approximate surface area is 103 Å². The van der Waals surface area contributed by atoms with E-state index in [-0.39, 0.29) is 12.0 Å². The predicted molar refractivity (Wildman–Crippen MR) is 68.9 cm³/mol. The van der Waals surface area contributed by atoms with Gasteiger partial charge in [0.25, 0.3) is 0 Å². The molecule has 1 N–H and O–H groups in total. The second-order valence-corrected chi connectivity index (χ2v) is 3.95. The number of rotatable bonds is 7. The van der Waals surface area contributed by atoms with Crippen molar-refractivity contribution in [2.45, 2.75) is 32.7 Å². The van der Waals surface area contributed by atoms with Crippen LogP contribution in [-0.2, 0) is 16.0 Å². The van der Waals surface area contributed by atoms with Crippen molar-refractivity contribution in [1.82, 2.24) is 5.32 Å². The summed E-state index contributed by atoms with van der Waals surface area (Å²) < 4.78 is 4.98. The fourth-order valence-electron chi connectivity index (χ4n) is 1.82. The number of carbonyl (C=O) groups is 1. The van der Waals surface area contributed by atoms with Gasteiger partial charge in [0.2, 0.25) is 0 Å². The third kappa shape index (κ3) is 5.50. The number of carbonyl (C=O) groups excluding carboxylic acids is 1. The second kappa shape index (κ2) is 7.85. The molecule has 0 amide bonds. The molecule has 1 aromatic carbocycles. The van der Waals surface area contributed by atoms with Crippen molar-refractivity contribution in [1.29, 1.82) is 0 Å². The van der Waals surface area contributed by atoms with Crippen LogP contribution in [-0.4, -0.2) is 25.2 Å². The lowest BCUT2D eigenvalue weighted by atomic mass is 10.0. The molecule has 3 nitrogen and oxygen atoms in total. The molecule has 0 aliphatic carbocycles. The van der Waals surface area contributed by atoms with Crippen molar-refractivity contribution in [2.75, 3.05) is 13.2 Å². The summed E-state index contributed by atoms with van der Waals surface area (Å²) in [4.78, 5) is 11.5. The molecule has 0 heterocycles. The normalized spacial score (nSPS) is 12.1.